The summed E-state index contributed by atoms with van der Waals surface area (Å²) < 4.78 is 107. The van der Waals surface area contributed by atoms with Gasteiger partial charge in [0.25, 0.3) is 0 Å². The number of carbonyl (C=O) groups excluding carboxylic acids is 3. The summed E-state index contributed by atoms with van der Waals surface area (Å²) >= 11 is 16.6. The summed E-state index contributed by atoms with van der Waals surface area (Å²) in [5, 5.41) is 26.8. The second kappa shape index (κ2) is 19.3. The third kappa shape index (κ3) is 16.8. The van der Waals surface area contributed by atoms with Crippen molar-refractivity contribution in [1.82, 2.24) is 0 Å². The van der Waals surface area contributed by atoms with Gasteiger partial charge in [0.2, 0.25) is 17.3 Å². The quantitative estimate of drug-likeness (QED) is 0.0752. The Labute approximate surface area is 296 Å². The van der Waals surface area contributed by atoms with Crippen LogP contribution in [0.2, 0.25) is 15.1 Å². The molecular weight excluding hydrogens is 790 g/mol. The predicted molar refractivity (Wildman–Crippen MR) is 158 cm³/mol. The van der Waals surface area contributed by atoms with Crippen LogP contribution in [0.25, 0.3) is 0 Å². The number of halogens is 12. The molecule has 6 nitrogen and oxygen atoms in total. The molecule has 0 amide bonds. The largest absolute Gasteiger partial charge is 0.504 e. The molecule has 0 atom stereocenters. The number of carbonyl (C=O) groups is 3. The summed E-state index contributed by atoms with van der Waals surface area (Å²) in [6.45, 7) is 0. The molecule has 0 bridgehead atoms. The standard InChI is InChI=1S/3C10H6ClF3O2.Fe/c3*11-7-3-1-6(2-4-7)8(15)5-9(16)10(12,13)14;/h3*1-5,16H;. The molecule has 3 rings (SSSR count). The van der Waals surface area contributed by atoms with Crippen molar-refractivity contribution in [2.24, 2.45) is 0 Å². The minimum Gasteiger partial charge on any atom is -0.504 e. The molecule has 49 heavy (non-hydrogen) atoms. The van der Waals surface area contributed by atoms with Crippen LogP contribution in [0.4, 0.5) is 39.5 Å². The van der Waals surface area contributed by atoms with Gasteiger partial charge in [0.1, 0.15) is 0 Å². The first kappa shape index (κ1) is 45.0. The molecule has 0 unspecified atom stereocenters. The number of allylic oxidation sites excluding steroid dienone is 6. The molecule has 0 radical (unpaired) electrons. The van der Waals surface area contributed by atoms with Crippen LogP contribution in [0.1, 0.15) is 31.1 Å². The van der Waals surface area contributed by atoms with E-state index in [2.05, 4.69) is 0 Å². The fourth-order valence-corrected chi connectivity index (χ4v) is 3.09. The first-order valence-corrected chi connectivity index (χ1v) is 13.4. The predicted octanol–water partition coefficient (Wildman–Crippen LogP) is 10.6. The van der Waals surface area contributed by atoms with Gasteiger partial charge in [-0.25, -0.2) is 0 Å². The van der Waals surface area contributed by atoms with Crippen molar-refractivity contribution in [1.29, 1.82) is 0 Å². The number of ketones is 3. The van der Waals surface area contributed by atoms with Crippen molar-refractivity contribution in [3.63, 3.8) is 0 Å². The van der Waals surface area contributed by atoms with Gasteiger partial charge < -0.3 is 15.3 Å². The van der Waals surface area contributed by atoms with Crippen LogP contribution >= 0.6 is 34.8 Å². The number of aliphatic hydroxyl groups excluding tert-OH is 3. The normalized spacial score (nSPS) is 12.4. The van der Waals surface area contributed by atoms with Gasteiger partial charge in [-0.2, -0.15) is 39.5 Å². The maximum atomic E-state index is 11.9. The zero-order valence-corrected chi connectivity index (χ0v) is 27.0. The van der Waals surface area contributed by atoms with E-state index < -0.39 is 53.2 Å². The topological polar surface area (TPSA) is 112 Å². The molecule has 0 spiro atoms. The summed E-state index contributed by atoms with van der Waals surface area (Å²) in [4.78, 5) is 33.7. The zero-order chi connectivity index (χ0) is 37.0. The first-order valence-electron chi connectivity index (χ1n) is 12.2. The maximum Gasteiger partial charge on any atom is 0.448 e. The SMILES string of the molecule is O=C(C=C(O)C(F)(F)F)c1ccc(Cl)cc1.O=C(C=C(O)C(F)(F)F)c1ccc(Cl)cc1.O=C(C=C(O)C(F)(F)F)c1ccc(Cl)cc1.[Fe]. The zero-order valence-electron chi connectivity index (χ0n) is 23.6. The minimum absolute atomic E-state index is 0. The molecule has 19 heteroatoms. The second-order valence-electron chi connectivity index (χ2n) is 8.70. The third-order valence-electron chi connectivity index (χ3n) is 5.06. The Bertz CT molecular complexity index is 1470. The van der Waals surface area contributed by atoms with Gasteiger partial charge >= 0.3 is 18.5 Å². The number of hydrogen-bond acceptors (Lipinski definition) is 6. The molecule has 0 aliphatic carbocycles. The number of hydrogen-bond donors (Lipinski definition) is 3. The number of alkyl halides is 9. The monoisotopic (exact) mass is 806 g/mol. The van der Waals surface area contributed by atoms with E-state index in [-0.39, 0.29) is 52.0 Å². The van der Waals surface area contributed by atoms with Crippen LogP contribution in [-0.4, -0.2) is 51.2 Å². The van der Waals surface area contributed by atoms with Crippen molar-refractivity contribution >= 4 is 52.2 Å². The summed E-state index contributed by atoms with van der Waals surface area (Å²) in [6, 6.07) is 15.8. The van der Waals surface area contributed by atoms with Crippen LogP contribution in [0.15, 0.2) is 108 Å². The van der Waals surface area contributed by atoms with Crippen molar-refractivity contribution in [3.05, 3.63) is 140 Å². The Hall–Kier alpha value is -3.95. The molecule has 0 aliphatic rings. The fourth-order valence-electron chi connectivity index (χ4n) is 2.71. The van der Waals surface area contributed by atoms with Crippen LogP contribution in [0, 0.1) is 0 Å². The average molecular weight is 808 g/mol. The molecule has 3 N–H and O–H groups in total. The van der Waals surface area contributed by atoms with Gasteiger partial charge in [0.05, 0.1) is 0 Å². The Morgan fingerprint density at radius 2 is 0.592 bits per heavy atom. The maximum absolute atomic E-state index is 11.9. The van der Waals surface area contributed by atoms with E-state index in [0.29, 0.717) is 15.1 Å². The minimum atomic E-state index is -4.91. The fraction of sp³-hybridized carbons (Fsp3) is 0.100. The summed E-state index contributed by atoms with van der Waals surface area (Å²) in [7, 11) is 0. The van der Waals surface area contributed by atoms with Gasteiger partial charge in [-0.1, -0.05) is 34.8 Å². The molecule has 266 valence electrons. The van der Waals surface area contributed by atoms with Gasteiger partial charge in [0, 0.05) is 67.1 Å². The van der Waals surface area contributed by atoms with E-state index in [1.807, 2.05) is 0 Å². The van der Waals surface area contributed by atoms with E-state index in [1.165, 1.54) is 72.8 Å². The van der Waals surface area contributed by atoms with Crippen molar-refractivity contribution in [2.75, 3.05) is 0 Å². The Balaban J connectivity index is 0.000000698. The number of benzene rings is 3. The van der Waals surface area contributed by atoms with Gasteiger partial charge in [-0.05, 0) is 72.8 Å². The Morgan fingerprint density at radius 3 is 0.735 bits per heavy atom. The summed E-state index contributed by atoms with van der Waals surface area (Å²) in [5.41, 5.74) is 0.0422. The molecule has 3 aromatic carbocycles. The van der Waals surface area contributed by atoms with Gasteiger partial charge in [-0.15, -0.1) is 0 Å². The van der Waals surface area contributed by atoms with Crippen molar-refractivity contribution in [2.45, 2.75) is 18.5 Å². The molecule has 0 saturated heterocycles. The van der Waals surface area contributed by atoms with E-state index in [4.69, 9.17) is 50.1 Å². The van der Waals surface area contributed by atoms with Gasteiger partial charge in [0.15, 0.2) is 17.3 Å². The first-order chi connectivity index (χ1) is 21.9. The molecule has 0 saturated carbocycles. The third-order valence-corrected chi connectivity index (χ3v) is 5.82. The summed E-state index contributed by atoms with van der Waals surface area (Å²) in [6.07, 6.45) is -14.4. The summed E-state index contributed by atoms with van der Waals surface area (Å²) in [5.74, 6) is -8.59. The Morgan fingerprint density at radius 1 is 0.429 bits per heavy atom. The van der Waals surface area contributed by atoms with Crippen LogP contribution in [-0.2, 0) is 17.1 Å². The van der Waals surface area contributed by atoms with Crippen molar-refractivity contribution in [3.8, 4) is 0 Å². The molecular formula is C30H18Cl3F9FeO6. The second-order valence-corrected chi connectivity index (χ2v) is 10.0. The van der Waals surface area contributed by atoms with Gasteiger partial charge in [-0.3, -0.25) is 14.4 Å². The smallest absolute Gasteiger partial charge is 0.448 e. The van der Waals surface area contributed by atoms with Crippen LogP contribution < -0.4 is 0 Å². The van der Waals surface area contributed by atoms with E-state index in [0.717, 1.165) is 0 Å². The molecule has 3 aromatic rings. The van der Waals surface area contributed by atoms with E-state index >= 15 is 0 Å². The van der Waals surface area contributed by atoms with E-state index in [1.54, 1.807) is 0 Å². The molecule has 0 fully saturated rings. The van der Waals surface area contributed by atoms with Crippen molar-refractivity contribution < 1.29 is 86.3 Å². The molecule has 0 aliphatic heterocycles. The van der Waals surface area contributed by atoms with Crippen LogP contribution in [0.3, 0.4) is 0 Å². The van der Waals surface area contributed by atoms with Crippen LogP contribution in [0.5, 0.6) is 0 Å². The Kier molecular flexibility index (Phi) is 17.7. The number of rotatable bonds is 6. The van der Waals surface area contributed by atoms with E-state index in [9.17, 15) is 53.9 Å². The average Bonchev–Trinajstić information content (AvgIpc) is 2.97. The number of aliphatic hydroxyl groups is 3. The molecule has 0 aromatic heterocycles. The molecule has 0 heterocycles.